The van der Waals surface area contributed by atoms with E-state index in [0.717, 1.165) is 0 Å². The van der Waals surface area contributed by atoms with Crippen LogP contribution in [0.2, 0.25) is 0 Å². The summed E-state index contributed by atoms with van der Waals surface area (Å²) >= 11 is 0. The summed E-state index contributed by atoms with van der Waals surface area (Å²) in [5, 5.41) is 16.7. The number of benzene rings is 2. The molecule has 3 aromatic rings. The van der Waals surface area contributed by atoms with Gasteiger partial charge in [-0.05, 0) is 48.5 Å². The second-order valence-corrected chi connectivity index (χ2v) is 5.32. The molecule has 0 aliphatic carbocycles. The van der Waals surface area contributed by atoms with Crippen molar-refractivity contribution in [2.24, 2.45) is 0 Å². The maximum Gasteiger partial charge on any atom is 0.182 e. The molecule has 0 amide bonds. The fourth-order valence-corrected chi connectivity index (χ4v) is 2.65. The quantitative estimate of drug-likeness (QED) is 0.575. The summed E-state index contributed by atoms with van der Waals surface area (Å²) in [4.78, 5) is 5.04. The molecular weight excluding hydrogens is 330 g/mol. The van der Waals surface area contributed by atoms with Gasteiger partial charge in [0.1, 0.15) is 11.6 Å². The second-order valence-electron chi connectivity index (χ2n) is 5.32. The lowest BCUT2D eigenvalue weighted by molar-refractivity contribution is 0.279. The molecule has 0 radical (unpaired) electrons. The number of hydrogen-bond acceptors (Lipinski definition) is 5. The van der Waals surface area contributed by atoms with Crippen molar-refractivity contribution in [3.05, 3.63) is 71.1 Å². The molecule has 0 saturated carbocycles. The van der Waals surface area contributed by atoms with E-state index in [2.05, 4.69) is 11.0 Å². The molecule has 0 unspecified atom stereocenters. The molecule has 1 aliphatic rings. The summed E-state index contributed by atoms with van der Waals surface area (Å²) in [7, 11) is 0. The first-order valence-electron chi connectivity index (χ1n) is 7.27. The van der Waals surface area contributed by atoms with Crippen LogP contribution < -0.4 is 21.9 Å². The molecule has 0 fully saturated rings. The molecular formula is C16H12F2N6O. The largest absolute Gasteiger partial charge is 0.281 e. The normalized spacial score (nSPS) is 12.4. The number of nitrogens with zero attached hydrogens (tertiary/aromatic N) is 2. The Hall–Kier alpha value is -3.46. The van der Waals surface area contributed by atoms with Crippen molar-refractivity contribution in [1.29, 1.82) is 10.8 Å². The molecule has 9 heteroatoms. The fourth-order valence-electron chi connectivity index (χ4n) is 2.65. The van der Waals surface area contributed by atoms with Gasteiger partial charge in [-0.3, -0.25) is 20.0 Å². The van der Waals surface area contributed by atoms with Crippen LogP contribution in [0.1, 0.15) is 0 Å². The minimum atomic E-state index is -0.404. The first-order chi connectivity index (χ1) is 12.1. The van der Waals surface area contributed by atoms with Crippen LogP contribution in [0.15, 0.2) is 48.5 Å². The van der Waals surface area contributed by atoms with Gasteiger partial charge in [0, 0.05) is 11.4 Å². The van der Waals surface area contributed by atoms with E-state index < -0.39 is 11.6 Å². The molecule has 126 valence electrons. The summed E-state index contributed by atoms with van der Waals surface area (Å²) in [5.41, 5.74) is 5.92. The fraction of sp³-hybridized carbons (Fsp3) is 0. The maximum absolute atomic E-state index is 13.2. The van der Waals surface area contributed by atoms with Crippen molar-refractivity contribution in [3.63, 3.8) is 0 Å². The van der Waals surface area contributed by atoms with Crippen molar-refractivity contribution in [3.8, 4) is 11.4 Å². The summed E-state index contributed by atoms with van der Waals surface area (Å²) in [5.74, 6) is -0.0922. The second kappa shape index (κ2) is 5.56. The SMILES string of the molecule is N=c1c(=N)n(-c2ccc(F)cc2)c2c(n1-c1ccc(F)cc1)NON2. The van der Waals surface area contributed by atoms with E-state index >= 15 is 0 Å². The lowest BCUT2D eigenvalue weighted by Gasteiger charge is -2.17. The minimum absolute atomic E-state index is 0.158. The Kier molecular flexibility index (Phi) is 3.36. The van der Waals surface area contributed by atoms with Gasteiger partial charge in [0.2, 0.25) is 0 Å². The van der Waals surface area contributed by atoms with Gasteiger partial charge < -0.3 is 0 Å². The zero-order chi connectivity index (χ0) is 17.6. The zero-order valence-electron chi connectivity index (χ0n) is 12.7. The number of anilines is 2. The molecule has 4 N–H and O–H groups in total. The average molecular weight is 342 g/mol. The number of rotatable bonds is 2. The van der Waals surface area contributed by atoms with Crippen LogP contribution in [0.4, 0.5) is 20.4 Å². The summed E-state index contributed by atoms with van der Waals surface area (Å²) in [6, 6.07) is 11.0. The van der Waals surface area contributed by atoms with E-state index in [1.807, 2.05) is 0 Å². The predicted octanol–water partition coefficient (Wildman–Crippen LogP) is 2.19. The summed E-state index contributed by atoms with van der Waals surface area (Å²) in [6.07, 6.45) is 0. The van der Waals surface area contributed by atoms with Crippen LogP contribution >= 0.6 is 0 Å². The standard InChI is InChI=1S/C16H12F2N6O/c17-9-1-5-11(6-2-9)23-13(19)14(20)24(16-15(23)21-25-22-16)12-7-3-10(18)4-8-12/h1-8,19-22H. The number of halogens is 2. The maximum atomic E-state index is 13.2. The molecule has 0 spiro atoms. The minimum Gasteiger partial charge on any atom is -0.281 e. The average Bonchev–Trinajstić information content (AvgIpc) is 3.07. The molecule has 0 saturated heterocycles. The van der Waals surface area contributed by atoms with Crippen LogP contribution in [-0.4, -0.2) is 9.13 Å². The van der Waals surface area contributed by atoms with Gasteiger partial charge in [0.25, 0.3) is 0 Å². The molecule has 0 atom stereocenters. The Bertz CT molecular complexity index is 984. The molecule has 25 heavy (non-hydrogen) atoms. The number of nitrogens with one attached hydrogen (secondary N) is 4. The molecule has 0 bridgehead atoms. The third kappa shape index (κ3) is 2.37. The summed E-state index contributed by atoms with van der Waals surface area (Å²) < 4.78 is 29.2. The van der Waals surface area contributed by atoms with Crippen molar-refractivity contribution in [2.75, 3.05) is 11.0 Å². The van der Waals surface area contributed by atoms with E-state index in [-0.39, 0.29) is 11.0 Å². The van der Waals surface area contributed by atoms with E-state index in [9.17, 15) is 8.78 Å². The first kappa shape index (κ1) is 15.1. The third-order valence-electron chi connectivity index (χ3n) is 3.81. The highest BCUT2D eigenvalue weighted by Crippen LogP contribution is 2.28. The zero-order valence-corrected chi connectivity index (χ0v) is 12.7. The Balaban J connectivity index is 2.02. The van der Waals surface area contributed by atoms with Crippen LogP contribution in [0, 0.1) is 22.5 Å². The van der Waals surface area contributed by atoms with Gasteiger partial charge in [-0.1, -0.05) is 0 Å². The molecule has 4 rings (SSSR count). The highest BCUT2D eigenvalue weighted by molar-refractivity contribution is 5.66. The molecule has 1 aliphatic heterocycles. The van der Waals surface area contributed by atoms with E-state index in [1.165, 1.54) is 57.7 Å². The smallest absolute Gasteiger partial charge is 0.182 e. The van der Waals surface area contributed by atoms with Crippen LogP contribution in [0.5, 0.6) is 0 Å². The van der Waals surface area contributed by atoms with Crippen molar-refractivity contribution in [1.82, 2.24) is 9.13 Å². The van der Waals surface area contributed by atoms with Gasteiger partial charge in [-0.2, -0.15) is 4.94 Å². The highest BCUT2D eigenvalue weighted by Gasteiger charge is 2.23. The monoisotopic (exact) mass is 342 g/mol. The van der Waals surface area contributed by atoms with Gasteiger partial charge in [-0.15, -0.1) is 0 Å². The van der Waals surface area contributed by atoms with Crippen LogP contribution in [-0.2, 0) is 4.94 Å². The molecule has 2 heterocycles. The summed E-state index contributed by atoms with van der Waals surface area (Å²) in [6.45, 7) is 0. The van der Waals surface area contributed by atoms with Crippen LogP contribution in [0.3, 0.4) is 0 Å². The van der Waals surface area contributed by atoms with Gasteiger partial charge in [-0.25, -0.2) is 19.7 Å². The molecule has 2 aromatic carbocycles. The lowest BCUT2D eigenvalue weighted by atomic mass is 10.2. The Morgan fingerprint density at radius 1 is 0.680 bits per heavy atom. The predicted molar refractivity (Wildman–Crippen MR) is 85.1 cm³/mol. The number of hydrogen-bond donors (Lipinski definition) is 4. The number of aromatic nitrogens is 2. The van der Waals surface area contributed by atoms with E-state index in [0.29, 0.717) is 23.0 Å². The topological polar surface area (TPSA) is 90.9 Å². The van der Waals surface area contributed by atoms with Gasteiger partial charge in [0.05, 0.1) is 0 Å². The number of fused-ring (bicyclic) bond motifs is 1. The first-order valence-corrected chi connectivity index (χ1v) is 7.27. The Morgan fingerprint density at radius 2 is 1.04 bits per heavy atom. The molecule has 1 aromatic heterocycles. The Labute approximate surface area is 139 Å². The van der Waals surface area contributed by atoms with Crippen LogP contribution in [0.25, 0.3) is 11.4 Å². The Morgan fingerprint density at radius 3 is 1.40 bits per heavy atom. The van der Waals surface area contributed by atoms with Crippen molar-refractivity contribution < 1.29 is 13.7 Å². The van der Waals surface area contributed by atoms with Gasteiger partial charge in [0.15, 0.2) is 22.6 Å². The van der Waals surface area contributed by atoms with E-state index in [4.69, 9.17) is 15.8 Å². The van der Waals surface area contributed by atoms with Crippen molar-refractivity contribution >= 4 is 11.6 Å². The molecule has 7 nitrogen and oxygen atoms in total. The third-order valence-corrected chi connectivity index (χ3v) is 3.81. The van der Waals surface area contributed by atoms with E-state index in [1.54, 1.807) is 0 Å². The van der Waals surface area contributed by atoms with Crippen molar-refractivity contribution in [2.45, 2.75) is 0 Å². The highest BCUT2D eigenvalue weighted by atomic mass is 19.1. The van der Waals surface area contributed by atoms with Gasteiger partial charge >= 0.3 is 0 Å². The lowest BCUT2D eigenvalue weighted by Crippen LogP contribution is -2.41.